The number of hydrogen-bond acceptors (Lipinski definition) is 6. The quantitative estimate of drug-likeness (QED) is 0.747. The number of fused-ring (bicyclic) bond motifs is 1. The molecule has 1 aromatic carbocycles. The molecule has 3 rings (SSSR count). The number of nitrogens with zero attached hydrogens (tertiary/aromatic N) is 3. The molecular weight excluding hydrogens is 300 g/mol. The third-order valence-electron chi connectivity index (χ3n) is 3.39. The van der Waals surface area contributed by atoms with E-state index in [0.717, 1.165) is 5.56 Å². The van der Waals surface area contributed by atoms with Crippen LogP contribution in [0.1, 0.15) is 12.5 Å². The van der Waals surface area contributed by atoms with E-state index < -0.39 is 6.10 Å². The lowest BCUT2D eigenvalue weighted by Gasteiger charge is -2.19. The number of benzene rings is 1. The monoisotopic (exact) mass is 316 g/mol. The summed E-state index contributed by atoms with van der Waals surface area (Å²) in [7, 11) is 0. The van der Waals surface area contributed by atoms with Gasteiger partial charge < -0.3 is 10.4 Å². The summed E-state index contributed by atoms with van der Waals surface area (Å²) >= 11 is 1.28. The average molecular weight is 316 g/mol. The van der Waals surface area contributed by atoms with Crippen LogP contribution in [0.25, 0.3) is 4.96 Å². The molecule has 2 N–H and O–H groups in total. The van der Waals surface area contributed by atoms with Gasteiger partial charge in [0.1, 0.15) is 0 Å². The van der Waals surface area contributed by atoms with Crippen molar-refractivity contribution in [2.24, 2.45) is 0 Å². The highest BCUT2D eigenvalue weighted by Crippen LogP contribution is 2.18. The summed E-state index contributed by atoms with van der Waals surface area (Å²) in [6.07, 6.45) is 1.46. The Morgan fingerprint density at radius 2 is 2.09 bits per heavy atom. The summed E-state index contributed by atoms with van der Waals surface area (Å²) in [6, 6.07) is 11.0. The predicted octanol–water partition coefficient (Wildman–Crippen LogP) is 1.55. The third kappa shape index (κ3) is 3.15. The Labute approximate surface area is 131 Å². The topological polar surface area (TPSA) is 79.5 Å². The van der Waals surface area contributed by atoms with Gasteiger partial charge in [-0.25, -0.2) is 4.98 Å². The average Bonchev–Trinajstić information content (AvgIpc) is 2.92. The molecule has 0 radical (unpaired) electrons. The minimum absolute atomic E-state index is 0.198. The second-order valence-electron chi connectivity index (χ2n) is 5.07. The van der Waals surface area contributed by atoms with Crippen LogP contribution < -0.4 is 10.9 Å². The van der Waals surface area contributed by atoms with Gasteiger partial charge in [0.05, 0.1) is 12.1 Å². The summed E-state index contributed by atoms with van der Waals surface area (Å²) in [6.45, 7) is 1.88. The van der Waals surface area contributed by atoms with Crippen molar-refractivity contribution in [1.29, 1.82) is 0 Å². The zero-order valence-corrected chi connectivity index (χ0v) is 12.8. The lowest BCUT2D eigenvalue weighted by atomic mass is 10.0. The fourth-order valence-electron chi connectivity index (χ4n) is 2.13. The third-order valence-corrected chi connectivity index (χ3v) is 4.24. The van der Waals surface area contributed by atoms with Gasteiger partial charge in [-0.2, -0.15) is 4.52 Å². The van der Waals surface area contributed by atoms with E-state index in [4.69, 9.17) is 0 Å². The molecule has 0 saturated carbocycles. The highest BCUT2D eigenvalue weighted by Gasteiger charge is 2.16. The Hall–Kier alpha value is -2.25. The van der Waals surface area contributed by atoms with Crippen LogP contribution in [0.5, 0.6) is 0 Å². The summed E-state index contributed by atoms with van der Waals surface area (Å²) in [5.41, 5.74) is 0.859. The maximum atomic E-state index is 11.6. The fraction of sp³-hybridized carbons (Fsp3) is 0.267. The van der Waals surface area contributed by atoms with Crippen LogP contribution in [-0.4, -0.2) is 31.9 Å². The van der Waals surface area contributed by atoms with Crippen LogP contribution >= 0.6 is 11.3 Å². The summed E-state index contributed by atoms with van der Waals surface area (Å²) in [4.78, 5) is 16.3. The highest BCUT2D eigenvalue weighted by atomic mass is 32.1. The van der Waals surface area contributed by atoms with Gasteiger partial charge in [-0.1, -0.05) is 41.7 Å². The van der Waals surface area contributed by atoms with Gasteiger partial charge in [-0.3, -0.25) is 4.79 Å². The van der Waals surface area contributed by atoms with Gasteiger partial charge in [0.2, 0.25) is 10.1 Å². The van der Waals surface area contributed by atoms with Crippen molar-refractivity contribution < 1.29 is 5.11 Å². The first kappa shape index (κ1) is 14.7. The first-order chi connectivity index (χ1) is 10.6. The van der Waals surface area contributed by atoms with Crippen LogP contribution in [-0.2, 0) is 6.42 Å². The maximum Gasteiger partial charge on any atom is 0.275 e. The summed E-state index contributed by atoms with van der Waals surface area (Å²) < 4.78 is 1.25. The number of nitrogens with one attached hydrogen (secondary N) is 1. The second-order valence-corrected chi connectivity index (χ2v) is 6.03. The molecule has 2 aromatic heterocycles. The largest absolute Gasteiger partial charge is 0.391 e. The molecule has 0 spiro atoms. The normalized spacial score (nSPS) is 13.9. The van der Waals surface area contributed by atoms with Crippen molar-refractivity contribution in [3.63, 3.8) is 0 Å². The van der Waals surface area contributed by atoms with E-state index in [1.54, 1.807) is 0 Å². The molecule has 0 bridgehead atoms. The van der Waals surface area contributed by atoms with Crippen LogP contribution in [0.2, 0.25) is 0 Å². The first-order valence-corrected chi connectivity index (χ1v) is 7.78. The van der Waals surface area contributed by atoms with E-state index in [-0.39, 0.29) is 11.6 Å². The smallest absolute Gasteiger partial charge is 0.275 e. The van der Waals surface area contributed by atoms with Gasteiger partial charge in [-0.15, -0.1) is 5.10 Å². The Kier molecular flexibility index (Phi) is 4.17. The van der Waals surface area contributed by atoms with Crippen molar-refractivity contribution in [2.75, 3.05) is 5.32 Å². The fourth-order valence-corrected chi connectivity index (χ4v) is 3.00. The van der Waals surface area contributed by atoms with Crippen molar-refractivity contribution in [2.45, 2.75) is 25.5 Å². The minimum Gasteiger partial charge on any atom is -0.391 e. The molecule has 0 amide bonds. The number of aromatic nitrogens is 3. The lowest BCUT2D eigenvalue weighted by molar-refractivity contribution is 0.158. The van der Waals surface area contributed by atoms with Gasteiger partial charge in [0.25, 0.3) is 5.56 Å². The zero-order chi connectivity index (χ0) is 15.5. The van der Waals surface area contributed by atoms with E-state index >= 15 is 0 Å². The van der Waals surface area contributed by atoms with Crippen molar-refractivity contribution in [3.05, 3.63) is 58.5 Å². The van der Waals surface area contributed by atoms with E-state index in [9.17, 15) is 9.90 Å². The Bertz CT molecular complexity index is 815. The Morgan fingerprint density at radius 1 is 1.32 bits per heavy atom. The highest BCUT2D eigenvalue weighted by molar-refractivity contribution is 7.20. The van der Waals surface area contributed by atoms with Gasteiger partial charge in [0.15, 0.2) is 0 Å². The van der Waals surface area contributed by atoms with Crippen LogP contribution in [0.4, 0.5) is 5.13 Å². The molecule has 6 nitrogen and oxygen atoms in total. The SMILES string of the molecule is CC(Nc1nn2c(=O)ccnc2s1)C(O)Cc1ccccc1. The number of aliphatic hydroxyl groups excluding tert-OH is 1. The van der Waals surface area contributed by atoms with Crippen LogP contribution in [0, 0.1) is 0 Å². The molecule has 114 valence electrons. The van der Waals surface area contributed by atoms with E-state index in [1.165, 1.54) is 28.1 Å². The van der Waals surface area contributed by atoms with Crippen molar-refractivity contribution >= 4 is 21.4 Å². The molecule has 2 heterocycles. The van der Waals surface area contributed by atoms with Gasteiger partial charge >= 0.3 is 0 Å². The van der Waals surface area contributed by atoms with E-state index in [2.05, 4.69) is 15.4 Å². The molecule has 0 aliphatic heterocycles. The molecule has 7 heteroatoms. The number of anilines is 1. The number of rotatable bonds is 5. The second kappa shape index (κ2) is 6.25. The Balaban J connectivity index is 1.71. The van der Waals surface area contributed by atoms with Crippen LogP contribution in [0.3, 0.4) is 0 Å². The number of hydrogen-bond donors (Lipinski definition) is 2. The molecule has 3 aromatic rings. The maximum absolute atomic E-state index is 11.6. The van der Waals surface area contributed by atoms with E-state index in [1.807, 2.05) is 37.3 Å². The lowest BCUT2D eigenvalue weighted by Crippen LogP contribution is -2.32. The summed E-state index contributed by atoms with van der Waals surface area (Å²) in [5.74, 6) is 0. The number of aliphatic hydroxyl groups is 1. The standard InChI is InChI=1S/C15H16N4O2S/c1-10(12(20)9-11-5-3-2-4-6-11)17-14-18-19-13(21)7-8-16-15(19)22-14/h2-8,10,12,20H,9H2,1H3,(H,17,18). The molecule has 2 unspecified atom stereocenters. The van der Waals surface area contributed by atoms with Crippen molar-refractivity contribution in [3.8, 4) is 0 Å². The first-order valence-electron chi connectivity index (χ1n) is 6.97. The van der Waals surface area contributed by atoms with Gasteiger partial charge in [-0.05, 0) is 12.5 Å². The van der Waals surface area contributed by atoms with Crippen molar-refractivity contribution in [1.82, 2.24) is 14.6 Å². The minimum atomic E-state index is -0.556. The predicted molar refractivity (Wildman–Crippen MR) is 86.4 cm³/mol. The molecule has 0 saturated heterocycles. The molecular formula is C15H16N4O2S. The zero-order valence-electron chi connectivity index (χ0n) is 12.0. The molecule has 0 aliphatic carbocycles. The van der Waals surface area contributed by atoms with Crippen LogP contribution in [0.15, 0.2) is 47.4 Å². The Morgan fingerprint density at radius 3 is 2.82 bits per heavy atom. The molecule has 0 aliphatic rings. The van der Waals surface area contributed by atoms with Gasteiger partial charge in [0, 0.05) is 18.7 Å². The molecule has 0 fully saturated rings. The molecule has 2 atom stereocenters. The van der Waals surface area contributed by atoms with E-state index in [0.29, 0.717) is 16.5 Å². The summed E-state index contributed by atoms with van der Waals surface area (Å²) in [5, 5.41) is 18.2. The molecule has 22 heavy (non-hydrogen) atoms.